The Morgan fingerprint density at radius 3 is 2.89 bits per heavy atom. The van der Waals surface area contributed by atoms with Gasteiger partial charge < -0.3 is 14.6 Å². The van der Waals surface area contributed by atoms with Gasteiger partial charge in [-0.3, -0.25) is 4.79 Å². The minimum atomic E-state index is -0.812. The lowest BCUT2D eigenvalue weighted by Crippen LogP contribution is -2.23. The molecule has 1 N–H and O–H groups in total. The molecule has 1 unspecified atom stereocenters. The molecule has 1 aromatic carbocycles. The number of benzene rings is 1. The third-order valence-electron chi connectivity index (χ3n) is 5.29. The number of allylic oxidation sites excluding steroid dienone is 4. The number of halogens is 1. The molecule has 0 spiro atoms. The summed E-state index contributed by atoms with van der Waals surface area (Å²) in [4.78, 5) is 16.1. The monoisotopic (exact) mass is 367 g/mol. The van der Waals surface area contributed by atoms with Crippen molar-refractivity contribution in [3.8, 4) is 5.75 Å². The van der Waals surface area contributed by atoms with E-state index in [0.29, 0.717) is 18.1 Å². The molecule has 1 aliphatic carbocycles. The number of hydrogen-bond acceptors (Lipinski definition) is 4. The Labute approximate surface area is 157 Å². The Morgan fingerprint density at radius 2 is 2.19 bits per heavy atom. The first-order chi connectivity index (χ1) is 13.1. The smallest absolute Gasteiger partial charge is 0.310 e. The van der Waals surface area contributed by atoms with Crippen LogP contribution >= 0.6 is 0 Å². The van der Waals surface area contributed by atoms with Crippen molar-refractivity contribution in [1.82, 2.24) is 9.55 Å². The molecule has 0 saturated heterocycles. The van der Waals surface area contributed by atoms with Gasteiger partial charge in [0.1, 0.15) is 5.75 Å². The van der Waals surface area contributed by atoms with Gasteiger partial charge >= 0.3 is 5.56 Å². The molecule has 4 rings (SSSR count). The summed E-state index contributed by atoms with van der Waals surface area (Å²) in [6, 6.07) is 5.64. The first-order valence-corrected chi connectivity index (χ1v) is 9.16. The largest absolute Gasteiger partial charge is 0.497 e. The van der Waals surface area contributed by atoms with Crippen LogP contribution < -0.4 is 15.6 Å². The molecule has 1 aromatic heterocycles. The number of nitrogens with one attached hydrogen (secondary N) is 1. The molecule has 0 fully saturated rings. The molecule has 2 aliphatic rings. The fourth-order valence-corrected chi connectivity index (χ4v) is 3.89. The Balaban J connectivity index is 1.79. The molecule has 140 valence electrons. The van der Waals surface area contributed by atoms with Crippen molar-refractivity contribution in [1.29, 1.82) is 0 Å². The Morgan fingerprint density at radius 1 is 1.33 bits per heavy atom. The average Bonchev–Trinajstić information content (AvgIpc) is 3.13. The third-order valence-corrected chi connectivity index (χ3v) is 5.29. The first kappa shape index (κ1) is 17.5. The quantitative estimate of drug-likeness (QED) is 0.880. The summed E-state index contributed by atoms with van der Waals surface area (Å²) in [6.45, 7) is 1.95. The van der Waals surface area contributed by atoms with E-state index in [1.807, 2.05) is 35.8 Å². The number of hydrogen-bond donors (Lipinski definition) is 1. The maximum absolute atomic E-state index is 14.5. The van der Waals surface area contributed by atoms with E-state index in [9.17, 15) is 9.18 Å². The zero-order valence-corrected chi connectivity index (χ0v) is 15.5. The number of fused-ring (bicyclic) bond motifs is 1. The highest BCUT2D eigenvalue weighted by Gasteiger charge is 2.31. The lowest BCUT2D eigenvalue weighted by molar-refractivity contribution is 0.414. The van der Waals surface area contributed by atoms with E-state index in [-0.39, 0.29) is 6.04 Å². The van der Waals surface area contributed by atoms with Gasteiger partial charge in [-0.15, -0.1) is 0 Å². The van der Waals surface area contributed by atoms with Crippen molar-refractivity contribution in [3.05, 3.63) is 69.4 Å². The molecular formula is C21H22FN3O2. The van der Waals surface area contributed by atoms with Crippen molar-refractivity contribution in [2.24, 2.45) is 0 Å². The number of aromatic nitrogens is 2. The van der Waals surface area contributed by atoms with Crippen LogP contribution in [0.5, 0.6) is 5.75 Å². The Kier molecular flexibility index (Phi) is 4.56. The van der Waals surface area contributed by atoms with Crippen LogP contribution in [0, 0.1) is 12.7 Å². The van der Waals surface area contributed by atoms with E-state index in [0.717, 1.165) is 36.3 Å². The lowest BCUT2D eigenvalue weighted by Gasteiger charge is -2.23. The molecule has 2 aromatic rings. The molecular weight excluding hydrogens is 345 g/mol. The van der Waals surface area contributed by atoms with Gasteiger partial charge in [0.15, 0.2) is 0 Å². The number of aryl methyl sites for hydroxylation is 1. The fourth-order valence-electron chi connectivity index (χ4n) is 3.89. The standard InChI is InChI=1S/C21H22FN3O2/c1-13-12-15(27-2)8-9-16(13)23-21-24-20(26)19(22)18-11-10-17(25(18)21)14-6-4-3-5-7-14/h3-4,6,8-9,12,17H,5,7,10-11H2,1-2H3,(H,23,24,26). The van der Waals surface area contributed by atoms with E-state index < -0.39 is 11.4 Å². The van der Waals surface area contributed by atoms with Crippen LogP contribution in [-0.4, -0.2) is 16.7 Å². The second-order valence-electron chi connectivity index (χ2n) is 6.94. The van der Waals surface area contributed by atoms with Gasteiger partial charge in [-0.1, -0.05) is 18.2 Å². The maximum atomic E-state index is 14.5. The normalized spacial score (nSPS) is 18.2. The van der Waals surface area contributed by atoms with Crippen molar-refractivity contribution in [2.45, 2.75) is 38.6 Å². The fraction of sp³-hybridized carbons (Fsp3) is 0.333. The van der Waals surface area contributed by atoms with Crippen LogP contribution in [0.4, 0.5) is 16.0 Å². The van der Waals surface area contributed by atoms with E-state index in [1.165, 1.54) is 5.57 Å². The second kappa shape index (κ2) is 7.02. The molecule has 0 amide bonds. The topological polar surface area (TPSA) is 56.1 Å². The van der Waals surface area contributed by atoms with Crippen molar-refractivity contribution in [3.63, 3.8) is 0 Å². The Hall–Kier alpha value is -2.89. The molecule has 1 aliphatic heterocycles. The van der Waals surface area contributed by atoms with Crippen molar-refractivity contribution in [2.75, 3.05) is 12.4 Å². The predicted octanol–water partition coefficient (Wildman–Crippen LogP) is 4.21. The minimum absolute atomic E-state index is 0.0219. The summed E-state index contributed by atoms with van der Waals surface area (Å²) >= 11 is 0. The van der Waals surface area contributed by atoms with E-state index in [2.05, 4.69) is 22.5 Å². The summed E-state index contributed by atoms with van der Waals surface area (Å²) in [5, 5.41) is 3.25. The highest BCUT2D eigenvalue weighted by molar-refractivity contribution is 5.60. The number of rotatable bonds is 4. The third kappa shape index (κ3) is 3.16. The van der Waals surface area contributed by atoms with Gasteiger partial charge in [-0.25, -0.2) is 0 Å². The first-order valence-electron chi connectivity index (χ1n) is 9.16. The minimum Gasteiger partial charge on any atom is -0.497 e. The SMILES string of the molecule is COc1ccc(Nc2nc(=O)c(F)c3n2C(C2=CC=CCC2)CC3)c(C)c1. The van der Waals surface area contributed by atoms with E-state index >= 15 is 0 Å². The van der Waals surface area contributed by atoms with Gasteiger partial charge in [0.2, 0.25) is 11.8 Å². The summed E-state index contributed by atoms with van der Waals surface area (Å²) in [5.41, 5.74) is 2.64. The van der Waals surface area contributed by atoms with Gasteiger partial charge in [0.25, 0.3) is 0 Å². The van der Waals surface area contributed by atoms with Gasteiger partial charge in [-0.05, 0) is 61.9 Å². The summed E-state index contributed by atoms with van der Waals surface area (Å²) in [6.07, 6.45) is 9.50. The van der Waals surface area contributed by atoms with Crippen molar-refractivity contribution < 1.29 is 9.13 Å². The highest BCUT2D eigenvalue weighted by atomic mass is 19.1. The number of ether oxygens (including phenoxy) is 1. The van der Waals surface area contributed by atoms with E-state index in [4.69, 9.17) is 4.74 Å². The van der Waals surface area contributed by atoms with Crippen LogP contribution in [0.15, 0.2) is 46.8 Å². The highest BCUT2D eigenvalue weighted by Crippen LogP contribution is 2.38. The van der Waals surface area contributed by atoms with Gasteiger partial charge in [0, 0.05) is 5.69 Å². The summed E-state index contributed by atoms with van der Waals surface area (Å²) in [5.74, 6) is 0.411. The molecule has 27 heavy (non-hydrogen) atoms. The number of methoxy groups -OCH3 is 1. The van der Waals surface area contributed by atoms with Crippen LogP contribution in [0.1, 0.15) is 36.6 Å². The summed E-state index contributed by atoms with van der Waals surface area (Å²) < 4.78 is 21.6. The zero-order chi connectivity index (χ0) is 19.0. The average molecular weight is 367 g/mol. The summed E-state index contributed by atoms with van der Waals surface area (Å²) in [7, 11) is 1.62. The molecule has 0 radical (unpaired) electrons. The van der Waals surface area contributed by atoms with Gasteiger partial charge in [0.05, 0.1) is 18.8 Å². The molecule has 2 heterocycles. The second-order valence-corrected chi connectivity index (χ2v) is 6.94. The van der Waals surface area contributed by atoms with Crippen LogP contribution in [0.25, 0.3) is 0 Å². The number of anilines is 2. The Bertz CT molecular complexity index is 1010. The van der Waals surface area contributed by atoms with Crippen LogP contribution in [0.2, 0.25) is 0 Å². The molecule has 0 saturated carbocycles. The van der Waals surface area contributed by atoms with Crippen LogP contribution in [0.3, 0.4) is 0 Å². The van der Waals surface area contributed by atoms with Crippen molar-refractivity contribution >= 4 is 11.6 Å². The lowest BCUT2D eigenvalue weighted by atomic mass is 9.96. The van der Waals surface area contributed by atoms with E-state index in [1.54, 1.807) is 7.11 Å². The molecule has 5 nitrogen and oxygen atoms in total. The molecule has 6 heteroatoms. The zero-order valence-electron chi connectivity index (χ0n) is 15.5. The predicted molar refractivity (Wildman–Crippen MR) is 103 cm³/mol. The van der Waals surface area contributed by atoms with Crippen LogP contribution in [-0.2, 0) is 6.42 Å². The number of nitrogens with zero attached hydrogens (tertiary/aromatic N) is 2. The molecule has 0 bridgehead atoms. The molecule has 1 atom stereocenters. The van der Waals surface area contributed by atoms with Gasteiger partial charge in [-0.2, -0.15) is 9.37 Å². The maximum Gasteiger partial charge on any atom is 0.310 e.